The Kier molecular flexibility index (Phi) is 5.71. The van der Waals surface area contributed by atoms with Crippen molar-refractivity contribution in [2.75, 3.05) is 13.7 Å². The zero-order valence-electron chi connectivity index (χ0n) is 13.5. The van der Waals surface area contributed by atoms with Crippen molar-refractivity contribution in [3.8, 4) is 0 Å². The number of aliphatic hydroxyl groups is 1. The summed E-state index contributed by atoms with van der Waals surface area (Å²) in [6.07, 6.45) is 2.07. The number of hydrogen-bond acceptors (Lipinski definition) is 3. The third kappa shape index (κ3) is 4.07. The summed E-state index contributed by atoms with van der Waals surface area (Å²) in [5, 5.41) is 9.31. The van der Waals surface area contributed by atoms with Gasteiger partial charge in [-0.05, 0) is 25.0 Å². The van der Waals surface area contributed by atoms with E-state index in [4.69, 9.17) is 0 Å². The van der Waals surface area contributed by atoms with E-state index in [1.165, 1.54) is 4.57 Å². The lowest BCUT2D eigenvalue weighted by atomic mass is 10.0. The summed E-state index contributed by atoms with van der Waals surface area (Å²) < 4.78 is 1.41. The Morgan fingerprint density at radius 2 is 1.91 bits per heavy atom. The minimum Gasteiger partial charge on any atom is -0.396 e. The molecule has 5 nitrogen and oxygen atoms in total. The Morgan fingerprint density at radius 1 is 1.22 bits per heavy atom. The molecule has 0 aliphatic rings. The summed E-state index contributed by atoms with van der Waals surface area (Å²) in [7, 11) is 1.70. The van der Waals surface area contributed by atoms with Gasteiger partial charge in [-0.15, -0.1) is 0 Å². The molecular weight excluding hydrogens is 292 g/mol. The Balaban J connectivity index is 2.19. The lowest BCUT2D eigenvalue weighted by Gasteiger charge is -2.28. The van der Waals surface area contributed by atoms with Crippen molar-refractivity contribution in [1.29, 1.82) is 0 Å². The number of likely N-dealkylation sites (N-methyl/N-ethyl adjacent to an activating group) is 1. The summed E-state index contributed by atoms with van der Waals surface area (Å²) in [4.78, 5) is 26.2. The molecule has 0 fully saturated rings. The first-order valence-corrected chi connectivity index (χ1v) is 7.62. The number of rotatable bonds is 6. The molecule has 0 aliphatic heterocycles. The first-order valence-electron chi connectivity index (χ1n) is 7.62. The van der Waals surface area contributed by atoms with E-state index in [1.807, 2.05) is 30.3 Å². The standard InChI is InChI=1S/C18H22N2O3/c1-14-7-6-11-20(18(14)23)13-17(22)19(2)16(10-12-21)15-8-4-3-5-9-15/h3-9,11,16,21H,10,12-13H2,1-2H3. The molecule has 1 unspecified atom stereocenters. The lowest BCUT2D eigenvalue weighted by molar-refractivity contribution is -0.133. The van der Waals surface area contributed by atoms with Gasteiger partial charge < -0.3 is 14.6 Å². The molecular formula is C18H22N2O3. The van der Waals surface area contributed by atoms with E-state index in [1.54, 1.807) is 37.2 Å². The van der Waals surface area contributed by atoms with Gasteiger partial charge in [0.15, 0.2) is 0 Å². The fourth-order valence-corrected chi connectivity index (χ4v) is 2.59. The molecule has 2 rings (SSSR count). The molecule has 1 N–H and O–H groups in total. The van der Waals surface area contributed by atoms with Crippen LogP contribution in [0.15, 0.2) is 53.5 Å². The van der Waals surface area contributed by atoms with E-state index < -0.39 is 0 Å². The molecule has 0 bridgehead atoms. The zero-order chi connectivity index (χ0) is 16.8. The minimum atomic E-state index is -0.214. The second-order valence-corrected chi connectivity index (χ2v) is 5.57. The number of aromatic nitrogens is 1. The van der Waals surface area contributed by atoms with Crippen molar-refractivity contribution < 1.29 is 9.90 Å². The molecule has 1 aromatic carbocycles. The number of aliphatic hydroxyl groups excluding tert-OH is 1. The van der Waals surface area contributed by atoms with Gasteiger partial charge in [-0.3, -0.25) is 9.59 Å². The van der Waals surface area contributed by atoms with Crippen LogP contribution in [0.4, 0.5) is 0 Å². The summed E-state index contributed by atoms with van der Waals surface area (Å²) >= 11 is 0. The first kappa shape index (κ1) is 17.0. The van der Waals surface area contributed by atoms with Crippen LogP contribution in [0.1, 0.15) is 23.6 Å². The molecule has 1 amide bonds. The smallest absolute Gasteiger partial charge is 0.253 e. The third-order valence-corrected chi connectivity index (χ3v) is 3.96. The average Bonchev–Trinajstić information content (AvgIpc) is 2.57. The quantitative estimate of drug-likeness (QED) is 0.883. The maximum Gasteiger partial charge on any atom is 0.253 e. The Hall–Kier alpha value is -2.40. The van der Waals surface area contributed by atoms with Crippen molar-refractivity contribution in [3.05, 3.63) is 70.1 Å². The van der Waals surface area contributed by atoms with Crippen LogP contribution < -0.4 is 5.56 Å². The molecule has 0 saturated heterocycles. The Morgan fingerprint density at radius 3 is 2.57 bits per heavy atom. The van der Waals surface area contributed by atoms with Crippen LogP contribution in [0.2, 0.25) is 0 Å². The van der Waals surface area contributed by atoms with Crippen molar-refractivity contribution >= 4 is 5.91 Å². The number of carbonyl (C=O) groups is 1. The van der Waals surface area contributed by atoms with Gasteiger partial charge in [0.25, 0.3) is 5.56 Å². The normalized spacial score (nSPS) is 12.0. The maximum atomic E-state index is 12.6. The minimum absolute atomic E-state index is 0.00816. The van der Waals surface area contributed by atoms with Crippen LogP contribution in [0.3, 0.4) is 0 Å². The topological polar surface area (TPSA) is 62.5 Å². The molecule has 23 heavy (non-hydrogen) atoms. The fourth-order valence-electron chi connectivity index (χ4n) is 2.59. The largest absolute Gasteiger partial charge is 0.396 e. The van der Waals surface area contributed by atoms with Crippen molar-refractivity contribution in [1.82, 2.24) is 9.47 Å². The zero-order valence-corrected chi connectivity index (χ0v) is 13.5. The summed E-state index contributed by atoms with van der Waals surface area (Å²) in [5.74, 6) is -0.167. The van der Waals surface area contributed by atoms with Crippen LogP contribution >= 0.6 is 0 Å². The van der Waals surface area contributed by atoms with Crippen molar-refractivity contribution in [2.24, 2.45) is 0 Å². The maximum absolute atomic E-state index is 12.6. The number of nitrogens with zero attached hydrogens (tertiary/aromatic N) is 2. The van der Waals surface area contributed by atoms with Crippen molar-refractivity contribution in [2.45, 2.75) is 25.9 Å². The van der Waals surface area contributed by atoms with Gasteiger partial charge in [0.1, 0.15) is 6.54 Å². The highest BCUT2D eigenvalue weighted by molar-refractivity contribution is 5.76. The van der Waals surface area contributed by atoms with Gasteiger partial charge in [-0.2, -0.15) is 0 Å². The SMILES string of the molecule is Cc1cccn(CC(=O)N(C)C(CCO)c2ccccc2)c1=O. The highest BCUT2D eigenvalue weighted by atomic mass is 16.3. The van der Waals surface area contributed by atoms with Crippen LogP contribution in [0, 0.1) is 6.92 Å². The molecule has 0 spiro atoms. The molecule has 0 saturated carbocycles. The van der Waals surface area contributed by atoms with Crippen LogP contribution in [0.5, 0.6) is 0 Å². The lowest BCUT2D eigenvalue weighted by Crippen LogP contribution is -2.37. The Labute approximate surface area is 135 Å². The van der Waals surface area contributed by atoms with Gasteiger partial charge >= 0.3 is 0 Å². The molecule has 0 aliphatic carbocycles. The average molecular weight is 314 g/mol. The second-order valence-electron chi connectivity index (χ2n) is 5.57. The number of carbonyl (C=O) groups excluding carboxylic acids is 1. The molecule has 122 valence electrons. The van der Waals surface area contributed by atoms with E-state index >= 15 is 0 Å². The van der Waals surface area contributed by atoms with E-state index in [0.29, 0.717) is 12.0 Å². The van der Waals surface area contributed by atoms with Gasteiger partial charge in [0.05, 0.1) is 6.04 Å². The van der Waals surface area contributed by atoms with Gasteiger partial charge in [0, 0.05) is 25.4 Å². The number of hydrogen-bond donors (Lipinski definition) is 1. The van der Waals surface area contributed by atoms with Gasteiger partial charge in [-0.25, -0.2) is 0 Å². The van der Waals surface area contributed by atoms with Crippen LogP contribution in [-0.4, -0.2) is 34.1 Å². The van der Waals surface area contributed by atoms with E-state index in [9.17, 15) is 14.7 Å². The molecule has 0 radical (unpaired) electrons. The molecule has 5 heteroatoms. The molecule has 1 atom stereocenters. The Bertz CT molecular complexity index is 710. The second kappa shape index (κ2) is 7.74. The van der Waals surface area contributed by atoms with Crippen LogP contribution in [0.25, 0.3) is 0 Å². The highest BCUT2D eigenvalue weighted by Crippen LogP contribution is 2.22. The predicted octanol–water partition coefficient (Wildman–Crippen LogP) is 1.74. The number of amides is 1. The molecule has 1 heterocycles. The highest BCUT2D eigenvalue weighted by Gasteiger charge is 2.21. The number of benzene rings is 1. The fraction of sp³-hybridized carbons (Fsp3) is 0.333. The van der Waals surface area contributed by atoms with E-state index in [2.05, 4.69) is 0 Å². The summed E-state index contributed by atoms with van der Waals surface area (Å²) in [6.45, 7) is 1.71. The predicted molar refractivity (Wildman–Crippen MR) is 89.1 cm³/mol. The van der Waals surface area contributed by atoms with Gasteiger partial charge in [-0.1, -0.05) is 36.4 Å². The third-order valence-electron chi connectivity index (χ3n) is 3.96. The number of pyridine rings is 1. The molecule has 1 aromatic heterocycles. The molecule has 2 aromatic rings. The van der Waals surface area contributed by atoms with Crippen molar-refractivity contribution in [3.63, 3.8) is 0 Å². The monoisotopic (exact) mass is 314 g/mol. The van der Waals surface area contributed by atoms with Crippen LogP contribution in [-0.2, 0) is 11.3 Å². The summed E-state index contributed by atoms with van der Waals surface area (Å²) in [5.41, 5.74) is 1.42. The summed E-state index contributed by atoms with van der Waals surface area (Å²) in [6, 6.07) is 12.9. The van der Waals surface area contributed by atoms with Gasteiger partial charge in [0.2, 0.25) is 5.91 Å². The van der Waals surface area contributed by atoms with E-state index in [0.717, 1.165) is 5.56 Å². The number of aryl methyl sites for hydroxylation is 1. The van der Waals surface area contributed by atoms with E-state index in [-0.39, 0.29) is 30.7 Å². The first-order chi connectivity index (χ1) is 11.0.